The lowest BCUT2D eigenvalue weighted by atomic mass is 9.88. The third kappa shape index (κ3) is 4.02. The summed E-state index contributed by atoms with van der Waals surface area (Å²) < 4.78 is 13.2. The van der Waals surface area contributed by atoms with E-state index in [1.54, 1.807) is 17.0 Å². The topological polar surface area (TPSA) is 70.5 Å². The number of carbonyl (C=O) groups is 2. The number of carbonyl (C=O) groups excluding carboxylic acids is 1. The molecule has 1 aromatic heterocycles. The molecule has 0 spiro atoms. The lowest BCUT2D eigenvalue weighted by Crippen LogP contribution is -2.39. The van der Waals surface area contributed by atoms with E-state index in [1.807, 2.05) is 12.1 Å². The Bertz CT molecular complexity index is 786. The number of benzene rings is 1. The standard InChI is InChI=1S/C19H19FN2O3/c20-16-10-15(11-21-12-16)18(23)22-7-5-13(6-8-22)9-14-3-1-2-4-17(14)19(24)25/h1-4,10-13H,5-9H2,(H,24,25). The molecule has 2 heterocycles. The van der Waals surface area contributed by atoms with Crippen molar-refractivity contribution < 1.29 is 19.1 Å². The van der Waals surface area contributed by atoms with Gasteiger partial charge in [-0.2, -0.15) is 0 Å². The lowest BCUT2D eigenvalue weighted by Gasteiger charge is -2.32. The van der Waals surface area contributed by atoms with Crippen LogP contribution < -0.4 is 0 Å². The summed E-state index contributed by atoms with van der Waals surface area (Å²) in [6.07, 6.45) is 4.72. The highest BCUT2D eigenvalue weighted by molar-refractivity contribution is 5.94. The molecule has 2 aromatic rings. The van der Waals surface area contributed by atoms with E-state index in [4.69, 9.17) is 0 Å². The molecule has 1 saturated heterocycles. The molecular formula is C19H19FN2O3. The first kappa shape index (κ1) is 17.1. The molecule has 1 N–H and O–H groups in total. The van der Waals surface area contributed by atoms with Crippen LogP contribution in [0.1, 0.15) is 39.1 Å². The number of halogens is 1. The van der Waals surface area contributed by atoms with Crippen molar-refractivity contribution in [3.63, 3.8) is 0 Å². The minimum atomic E-state index is -0.915. The Morgan fingerprint density at radius 1 is 1.20 bits per heavy atom. The minimum Gasteiger partial charge on any atom is -0.478 e. The zero-order chi connectivity index (χ0) is 17.8. The highest BCUT2D eigenvalue weighted by Gasteiger charge is 2.25. The molecule has 0 radical (unpaired) electrons. The maximum Gasteiger partial charge on any atom is 0.335 e. The third-order valence-electron chi connectivity index (χ3n) is 4.61. The largest absolute Gasteiger partial charge is 0.478 e. The number of hydrogen-bond acceptors (Lipinski definition) is 3. The molecule has 1 aliphatic rings. The van der Waals surface area contributed by atoms with Gasteiger partial charge in [0.1, 0.15) is 5.82 Å². The van der Waals surface area contributed by atoms with Gasteiger partial charge in [0.15, 0.2) is 0 Å². The lowest BCUT2D eigenvalue weighted by molar-refractivity contribution is 0.0689. The van der Waals surface area contributed by atoms with Crippen molar-refractivity contribution in [3.05, 3.63) is 65.2 Å². The number of carboxylic acids is 1. The second-order valence-corrected chi connectivity index (χ2v) is 6.29. The quantitative estimate of drug-likeness (QED) is 0.927. The predicted octanol–water partition coefficient (Wildman–Crippen LogP) is 3.01. The Labute approximate surface area is 145 Å². The average Bonchev–Trinajstić information content (AvgIpc) is 2.62. The van der Waals surface area contributed by atoms with E-state index in [0.29, 0.717) is 31.0 Å². The number of rotatable bonds is 4. The fraction of sp³-hybridized carbons (Fsp3) is 0.316. The van der Waals surface area contributed by atoms with E-state index in [2.05, 4.69) is 4.98 Å². The zero-order valence-corrected chi connectivity index (χ0v) is 13.7. The van der Waals surface area contributed by atoms with Gasteiger partial charge in [-0.3, -0.25) is 9.78 Å². The van der Waals surface area contributed by atoms with Gasteiger partial charge in [0, 0.05) is 19.3 Å². The van der Waals surface area contributed by atoms with Gasteiger partial charge in [-0.15, -0.1) is 0 Å². The molecule has 3 rings (SSSR count). The van der Waals surface area contributed by atoms with Crippen molar-refractivity contribution in [1.29, 1.82) is 0 Å². The van der Waals surface area contributed by atoms with Gasteiger partial charge in [0.25, 0.3) is 5.91 Å². The molecule has 1 amide bonds. The fourth-order valence-corrected chi connectivity index (χ4v) is 3.27. The summed E-state index contributed by atoms with van der Waals surface area (Å²) in [5.41, 5.74) is 1.43. The molecule has 25 heavy (non-hydrogen) atoms. The molecule has 5 nitrogen and oxygen atoms in total. The van der Waals surface area contributed by atoms with Gasteiger partial charge in [-0.25, -0.2) is 9.18 Å². The number of likely N-dealkylation sites (tertiary alicyclic amines) is 1. The minimum absolute atomic E-state index is 0.212. The third-order valence-corrected chi connectivity index (χ3v) is 4.61. The van der Waals surface area contributed by atoms with E-state index < -0.39 is 11.8 Å². The smallest absolute Gasteiger partial charge is 0.335 e. The summed E-state index contributed by atoms with van der Waals surface area (Å²) in [7, 11) is 0. The second-order valence-electron chi connectivity index (χ2n) is 6.29. The molecule has 6 heteroatoms. The monoisotopic (exact) mass is 342 g/mol. The Kier molecular flexibility index (Phi) is 5.07. The fourth-order valence-electron chi connectivity index (χ4n) is 3.27. The Hall–Kier alpha value is -2.76. The first-order chi connectivity index (χ1) is 12.0. The van der Waals surface area contributed by atoms with Gasteiger partial charge in [0.05, 0.1) is 17.3 Å². The molecule has 0 saturated carbocycles. The van der Waals surface area contributed by atoms with Crippen LogP contribution in [0.2, 0.25) is 0 Å². The van der Waals surface area contributed by atoms with E-state index in [1.165, 1.54) is 12.3 Å². The van der Waals surface area contributed by atoms with E-state index in [9.17, 15) is 19.1 Å². The van der Waals surface area contributed by atoms with E-state index >= 15 is 0 Å². The highest BCUT2D eigenvalue weighted by Crippen LogP contribution is 2.24. The van der Waals surface area contributed by atoms with Crippen LogP contribution in [0.4, 0.5) is 4.39 Å². The van der Waals surface area contributed by atoms with Crippen LogP contribution >= 0.6 is 0 Å². The molecule has 130 valence electrons. The van der Waals surface area contributed by atoms with Crippen LogP contribution in [-0.4, -0.2) is 40.0 Å². The molecule has 1 aromatic carbocycles. The Morgan fingerprint density at radius 3 is 2.60 bits per heavy atom. The number of piperidine rings is 1. The number of hydrogen-bond donors (Lipinski definition) is 1. The Balaban J connectivity index is 1.61. The van der Waals surface area contributed by atoms with Crippen LogP contribution in [0.3, 0.4) is 0 Å². The van der Waals surface area contributed by atoms with Crippen molar-refractivity contribution in [2.24, 2.45) is 5.92 Å². The van der Waals surface area contributed by atoms with E-state index in [0.717, 1.165) is 24.6 Å². The molecule has 0 atom stereocenters. The van der Waals surface area contributed by atoms with Crippen LogP contribution in [0.25, 0.3) is 0 Å². The molecule has 1 fully saturated rings. The van der Waals surface area contributed by atoms with Gasteiger partial charge in [-0.05, 0) is 42.9 Å². The van der Waals surface area contributed by atoms with Crippen molar-refractivity contribution in [2.75, 3.05) is 13.1 Å². The summed E-state index contributed by atoms with van der Waals surface area (Å²) >= 11 is 0. The van der Waals surface area contributed by atoms with Crippen molar-refractivity contribution in [3.8, 4) is 0 Å². The number of carboxylic acid groups (broad SMARTS) is 1. The van der Waals surface area contributed by atoms with Crippen molar-refractivity contribution >= 4 is 11.9 Å². The van der Waals surface area contributed by atoms with Crippen molar-refractivity contribution in [1.82, 2.24) is 9.88 Å². The summed E-state index contributed by atoms with van der Waals surface area (Å²) in [5.74, 6) is -1.32. The summed E-state index contributed by atoms with van der Waals surface area (Å²) in [5, 5.41) is 9.27. The number of nitrogens with zero attached hydrogens (tertiary/aromatic N) is 2. The van der Waals surface area contributed by atoms with Gasteiger partial charge < -0.3 is 10.0 Å². The zero-order valence-electron chi connectivity index (χ0n) is 13.7. The predicted molar refractivity (Wildman–Crippen MR) is 89.9 cm³/mol. The summed E-state index contributed by atoms with van der Waals surface area (Å²) in [6, 6.07) is 8.23. The normalized spacial score (nSPS) is 15.2. The van der Waals surface area contributed by atoms with Crippen molar-refractivity contribution in [2.45, 2.75) is 19.3 Å². The first-order valence-electron chi connectivity index (χ1n) is 8.25. The molecular weight excluding hydrogens is 323 g/mol. The van der Waals surface area contributed by atoms with Crippen LogP contribution in [-0.2, 0) is 6.42 Å². The first-order valence-corrected chi connectivity index (χ1v) is 8.25. The van der Waals surface area contributed by atoms with Gasteiger partial charge >= 0.3 is 5.97 Å². The van der Waals surface area contributed by atoms with Crippen LogP contribution in [0, 0.1) is 11.7 Å². The SMILES string of the molecule is O=C(O)c1ccccc1CC1CCN(C(=O)c2cncc(F)c2)CC1. The molecule has 0 unspecified atom stereocenters. The number of amides is 1. The number of pyridine rings is 1. The molecule has 0 aliphatic carbocycles. The van der Waals surface area contributed by atoms with Crippen LogP contribution in [0.5, 0.6) is 0 Å². The maximum atomic E-state index is 13.2. The van der Waals surface area contributed by atoms with Crippen LogP contribution in [0.15, 0.2) is 42.7 Å². The summed E-state index contributed by atoms with van der Waals surface area (Å²) in [6.45, 7) is 1.16. The Morgan fingerprint density at radius 2 is 1.92 bits per heavy atom. The van der Waals surface area contributed by atoms with Gasteiger partial charge in [-0.1, -0.05) is 18.2 Å². The molecule has 0 bridgehead atoms. The second kappa shape index (κ2) is 7.42. The maximum absolute atomic E-state index is 13.2. The average molecular weight is 342 g/mol. The van der Waals surface area contributed by atoms with E-state index in [-0.39, 0.29) is 11.5 Å². The highest BCUT2D eigenvalue weighted by atomic mass is 19.1. The summed E-state index contributed by atoms with van der Waals surface area (Å²) in [4.78, 5) is 29.1. The number of aromatic carboxylic acids is 1. The molecule has 1 aliphatic heterocycles. The van der Waals surface area contributed by atoms with Gasteiger partial charge in [0.2, 0.25) is 0 Å². The number of aromatic nitrogens is 1.